The van der Waals surface area contributed by atoms with Crippen LogP contribution in [0.5, 0.6) is 0 Å². The first-order valence-corrected chi connectivity index (χ1v) is 4.34. The Hall–Kier alpha value is -1.10. The quantitative estimate of drug-likeness (QED) is 0.209. The number of hydrogen-bond acceptors (Lipinski definition) is 5. The Morgan fingerprint density at radius 3 is 2.69 bits per heavy atom. The highest BCUT2D eigenvalue weighted by atomic mass is 16.5. The van der Waals surface area contributed by atoms with Gasteiger partial charge in [0.25, 0.3) is 0 Å². The van der Waals surface area contributed by atoms with Crippen LogP contribution in [0.2, 0.25) is 0 Å². The summed E-state index contributed by atoms with van der Waals surface area (Å²) >= 11 is 0. The number of ether oxygens (including phenoxy) is 1. The molecule has 0 rings (SSSR count). The van der Waals surface area contributed by atoms with Crippen LogP contribution in [0.3, 0.4) is 0 Å². The fraction of sp³-hybridized carbons (Fsp3) is 0.750. The van der Waals surface area contributed by atoms with E-state index in [-0.39, 0.29) is 12.3 Å². The maximum atomic E-state index is 11.0. The van der Waals surface area contributed by atoms with Crippen LogP contribution in [0, 0.1) is 0 Å². The van der Waals surface area contributed by atoms with E-state index in [0.717, 1.165) is 12.8 Å². The maximum absolute atomic E-state index is 11.0. The Labute approximate surface area is 77.6 Å². The molecule has 0 aromatic heterocycles. The monoisotopic (exact) mass is 188 g/mol. The molecule has 5 heteroatoms. The van der Waals surface area contributed by atoms with Crippen molar-refractivity contribution < 1.29 is 14.7 Å². The van der Waals surface area contributed by atoms with E-state index in [0.29, 0.717) is 13.0 Å². The molecule has 0 aliphatic carbocycles. The van der Waals surface area contributed by atoms with Gasteiger partial charge in [-0.1, -0.05) is 5.16 Å². The Kier molecular flexibility index (Phi) is 6.91. The summed E-state index contributed by atoms with van der Waals surface area (Å²) in [5.41, 5.74) is 5.34. The van der Waals surface area contributed by atoms with Crippen LogP contribution in [-0.2, 0) is 9.53 Å². The van der Waals surface area contributed by atoms with Crippen molar-refractivity contribution in [3.8, 4) is 0 Å². The van der Waals surface area contributed by atoms with Crippen LogP contribution >= 0.6 is 0 Å². The molecule has 13 heavy (non-hydrogen) atoms. The van der Waals surface area contributed by atoms with Gasteiger partial charge in [-0.3, -0.25) is 0 Å². The van der Waals surface area contributed by atoms with Gasteiger partial charge in [-0.2, -0.15) is 0 Å². The molecule has 0 heterocycles. The molecule has 3 N–H and O–H groups in total. The smallest absolute Gasteiger partial charge is 0.356 e. The third-order valence-corrected chi connectivity index (χ3v) is 1.50. The highest BCUT2D eigenvalue weighted by molar-refractivity contribution is 6.36. The molecular weight excluding hydrogens is 172 g/mol. The second-order valence-electron chi connectivity index (χ2n) is 2.51. The topological polar surface area (TPSA) is 84.9 Å². The lowest BCUT2D eigenvalue weighted by molar-refractivity contribution is -0.135. The SMILES string of the molecule is CCOC(=O)C(CCCCN)=NO. The zero-order valence-corrected chi connectivity index (χ0v) is 7.82. The summed E-state index contributed by atoms with van der Waals surface area (Å²) < 4.78 is 4.66. The molecule has 0 unspecified atom stereocenters. The molecule has 0 fully saturated rings. The second-order valence-corrected chi connectivity index (χ2v) is 2.51. The average Bonchev–Trinajstić information content (AvgIpc) is 2.13. The van der Waals surface area contributed by atoms with Gasteiger partial charge in [-0.25, -0.2) is 4.79 Å². The summed E-state index contributed by atoms with van der Waals surface area (Å²) in [5.74, 6) is -0.554. The number of nitrogens with zero attached hydrogens (tertiary/aromatic N) is 1. The lowest BCUT2D eigenvalue weighted by Crippen LogP contribution is -2.17. The standard InChI is InChI=1S/C8H16N2O3/c1-2-13-8(11)7(10-12)5-3-4-6-9/h12H,2-6,9H2,1H3. The van der Waals surface area contributed by atoms with Crippen molar-refractivity contribution in [3.05, 3.63) is 0 Å². The van der Waals surface area contributed by atoms with Crippen LogP contribution in [0.1, 0.15) is 26.2 Å². The number of hydrogen-bond donors (Lipinski definition) is 2. The van der Waals surface area contributed by atoms with Crippen LogP contribution < -0.4 is 5.73 Å². The average molecular weight is 188 g/mol. The van der Waals surface area contributed by atoms with Gasteiger partial charge in [-0.15, -0.1) is 0 Å². The van der Waals surface area contributed by atoms with Crippen molar-refractivity contribution in [2.24, 2.45) is 10.9 Å². The minimum absolute atomic E-state index is 0.0651. The maximum Gasteiger partial charge on any atom is 0.356 e. The highest BCUT2D eigenvalue weighted by Crippen LogP contribution is 1.98. The summed E-state index contributed by atoms with van der Waals surface area (Å²) in [6.45, 7) is 2.56. The number of carbonyl (C=O) groups is 1. The molecule has 76 valence electrons. The molecule has 0 aromatic carbocycles. The van der Waals surface area contributed by atoms with E-state index in [4.69, 9.17) is 10.9 Å². The Morgan fingerprint density at radius 1 is 1.54 bits per heavy atom. The third-order valence-electron chi connectivity index (χ3n) is 1.50. The third kappa shape index (κ3) is 5.19. The van der Waals surface area contributed by atoms with Crippen LogP contribution in [-0.4, -0.2) is 30.0 Å². The first-order valence-electron chi connectivity index (χ1n) is 4.34. The van der Waals surface area contributed by atoms with Gasteiger partial charge >= 0.3 is 5.97 Å². The van der Waals surface area contributed by atoms with E-state index in [1.165, 1.54) is 0 Å². The molecule has 0 aromatic rings. The van der Waals surface area contributed by atoms with Crippen molar-refractivity contribution in [3.63, 3.8) is 0 Å². The summed E-state index contributed by atoms with van der Waals surface area (Å²) in [4.78, 5) is 11.0. The summed E-state index contributed by atoms with van der Waals surface area (Å²) in [7, 11) is 0. The first-order chi connectivity index (χ1) is 6.26. The predicted octanol–water partition coefficient (Wildman–Crippen LogP) is 0.509. The van der Waals surface area contributed by atoms with Crippen molar-refractivity contribution in [2.45, 2.75) is 26.2 Å². The van der Waals surface area contributed by atoms with Gasteiger partial charge in [0.05, 0.1) is 6.61 Å². The normalized spacial score (nSPS) is 11.4. The van der Waals surface area contributed by atoms with Crippen LogP contribution in [0.4, 0.5) is 0 Å². The zero-order chi connectivity index (χ0) is 10.1. The molecule has 0 saturated heterocycles. The number of nitrogens with two attached hydrogens (primary N) is 1. The molecule has 0 amide bonds. The Balaban J connectivity index is 3.83. The molecule has 0 saturated carbocycles. The van der Waals surface area contributed by atoms with Gasteiger partial charge in [-0.05, 0) is 26.3 Å². The van der Waals surface area contributed by atoms with E-state index in [1.807, 2.05) is 0 Å². The molecule has 0 aliphatic heterocycles. The lowest BCUT2D eigenvalue weighted by Gasteiger charge is -2.02. The van der Waals surface area contributed by atoms with Crippen molar-refractivity contribution in [1.82, 2.24) is 0 Å². The minimum atomic E-state index is -0.554. The fourth-order valence-electron chi connectivity index (χ4n) is 0.844. The molecule has 0 aliphatic rings. The van der Waals surface area contributed by atoms with Gasteiger partial charge in [0, 0.05) is 6.42 Å². The predicted molar refractivity (Wildman–Crippen MR) is 48.8 cm³/mol. The van der Waals surface area contributed by atoms with Crippen LogP contribution in [0.25, 0.3) is 0 Å². The lowest BCUT2D eigenvalue weighted by atomic mass is 10.1. The number of rotatable bonds is 6. The van der Waals surface area contributed by atoms with Gasteiger partial charge in [0.1, 0.15) is 0 Å². The molecule has 0 spiro atoms. The summed E-state index contributed by atoms with van der Waals surface area (Å²) in [6, 6.07) is 0. The molecular formula is C8H16N2O3. The van der Waals surface area contributed by atoms with Crippen molar-refractivity contribution in [1.29, 1.82) is 0 Å². The Bertz CT molecular complexity index is 180. The largest absolute Gasteiger partial charge is 0.461 e. The zero-order valence-electron chi connectivity index (χ0n) is 7.82. The number of oxime groups is 1. The molecule has 0 radical (unpaired) electrons. The highest BCUT2D eigenvalue weighted by Gasteiger charge is 2.12. The van der Waals surface area contributed by atoms with Gasteiger partial charge < -0.3 is 15.7 Å². The number of esters is 1. The molecule has 0 atom stereocenters. The minimum Gasteiger partial charge on any atom is -0.461 e. The summed E-state index contributed by atoms with van der Waals surface area (Å²) in [6.07, 6.45) is 1.94. The van der Waals surface area contributed by atoms with Crippen molar-refractivity contribution >= 4 is 11.7 Å². The Morgan fingerprint density at radius 2 is 2.23 bits per heavy atom. The van der Waals surface area contributed by atoms with E-state index in [9.17, 15) is 4.79 Å². The van der Waals surface area contributed by atoms with E-state index in [2.05, 4.69) is 9.89 Å². The van der Waals surface area contributed by atoms with Crippen molar-refractivity contribution in [2.75, 3.05) is 13.2 Å². The van der Waals surface area contributed by atoms with E-state index in [1.54, 1.807) is 6.92 Å². The molecule has 0 bridgehead atoms. The van der Waals surface area contributed by atoms with Crippen LogP contribution in [0.15, 0.2) is 5.16 Å². The van der Waals surface area contributed by atoms with E-state index >= 15 is 0 Å². The fourth-order valence-corrected chi connectivity index (χ4v) is 0.844. The first kappa shape index (κ1) is 11.9. The van der Waals surface area contributed by atoms with Gasteiger partial charge in [0.15, 0.2) is 5.71 Å². The van der Waals surface area contributed by atoms with Gasteiger partial charge in [0.2, 0.25) is 0 Å². The second kappa shape index (κ2) is 7.54. The number of unbranched alkanes of at least 4 members (excludes halogenated alkanes) is 1. The molecule has 5 nitrogen and oxygen atoms in total. The van der Waals surface area contributed by atoms with E-state index < -0.39 is 5.97 Å². The summed E-state index contributed by atoms with van der Waals surface area (Å²) in [5, 5.41) is 11.4. The number of carbonyl (C=O) groups excluding carboxylic acids is 1.